The minimum absolute atomic E-state index is 0.113. The van der Waals surface area contributed by atoms with Gasteiger partial charge in [-0.2, -0.15) is 5.26 Å². The Morgan fingerprint density at radius 2 is 2.04 bits per heavy atom. The van der Waals surface area contributed by atoms with E-state index in [4.69, 9.17) is 4.42 Å². The Hall–Kier alpha value is -4.12. The van der Waals surface area contributed by atoms with Gasteiger partial charge in [0.05, 0.1) is 12.0 Å². The molecule has 28 heavy (non-hydrogen) atoms. The first-order chi connectivity index (χ1) is 13.6. The van der Waals surface area contributed by atoms with Crippen LogP contribution in [0.15, 0.2) is 65.9 Å². The summed E-state index contributed by atoms with van der Waals surface area (Å²) in [6.45, 7) is 1.60. The number of carbonyl (C=O) groups excluding carboxylic acids is 1. The highest BCUT2D eigenvalue weighted by Crippen LogP contribution is 2.27. The normalized spacial score (nSPS) is 10.6. The molecule has 3 aromatic heterocycles. The van der Waals surface area contributed by atoms with Crippen LogP contribution < -0.4 is 5.32 Å². The average molecular weight is 375 g/mol. The molecule has 8 heteroatoms. The van der Waals surface area contributed by atoms with E-state index in [1.807, 2.05) is 6.07 Å². The van der Waals surface area contributed by atoms with Crippen molar-refractivity contribution in [1.29, 1.82) is 5.26 Å². The van der Waals surface area contributed by atoms with E-state index in [0.29, 0.717) is 11.4 Å². The Bertz CT molecular complexity index is 1180. The molecular formula is C20H14FN5O2. The number of furan rings is 1. The molecule has 0 aliphatic carbocycles. The molecule has 0 aliphatic rings. The predicted molar refractivity (Wildman–Crippen MR) is 99.0 cm³/mol. The summed E-state index contributed by atoms with van der Waals surface area (Å²) in [5.41, 5.74) is 0.799. The number of nitrogens with one attached hydrogen (secondary N) is 1. The standard InChI is InChI=1S/C20H14FN5O2/c1-13-18(15(11-22)20(28-13)25-7-2-3-8-25)19(27)24-14-4-5-17(16(21)10-14)26-9-6-23-12-26/h2-10,12H,1H3,(H,24,27). The first-order valence-electron chi connectivity index (χ1n) is 8.34. The van der Waals surface area contributed by atoms with Gasteiger partial charge in [-0.1, -0.05) is 0 Å². The zero-order valence-electron chi connectivity index (χ0n) is 14.8. The third kappa shape index (κ3) is 2.95. The highest BCUT2D eigenvalue weighted by molar-refractivity contribution is 6.07. The smallest absolute Gasteiger partial charge is 0.260 e. The van der Waals surface area contributed by atoms with Crippen LogP contribution in [0.3, 0.4) is 0 Å². The number of hydrogen-bond acceptors (Lipinski definition) is 4. The summed E-state index contributed by atoms with van der Waals surface area (Å²) in [6, 6.07) is 9.90. The van der Waals surface area contributed by atoms with Gasteiger partial charge in [-0.05, 0) is 37.3 Å². The predicted octanol–water partition coefficient (Wildman–Crippen LogP) is 3.83. The van der Waals surface area contributed by atoms with Crippen molar-refractivity contribution in [2.75, 3.05) is 5.32 Å². The van der Waals surface area contributed by atoms with Gasteiger partial charge in [-0.15, -0.1) is 0 Å². The Labute approximate surface area is 159 Å². The number of nitrogens with zero attached hydrogens (tertiary/aromatic N) is 4. The van der Waals surface area contributed by atoms with Gasteiger partial charge in [-0.25, -0.2) is 9.37 Å². The molecule has 0 bridgehead atoms. The lowest BCUT2D eigenvalue weighted by atomic mass is 10.1. The second-order valence-corrected chi connectivity index (χ2v) is 6.01. The van der Waals surface area contributed by atoms with E-state index in [0.717, 1.165) is 0 Å². The minimum Gasteiger partial charge on any atom is -0.443 e. The molecule has 0 saturated carbocycles. The molecule has 0 aliphatic heterocycles. The fraction of sp³-hybridized carbons (Fsp3) is 0.0500. The third-order valence-corrected chi connectivity index (χ3v) is 4.23. The number of aromatic nitrogens is 3. The Kier molecular flexibility index (Phi) is 4.26. The third-order valence-electron chi connectivity index (χ3n) is 4.23. The summed E-state index contributed by atoms with van der Waals surface area (Å²) in [6.07, 6.45) is 8.07. The van der Waals surface area contributed by atoms with Crippen LogP contribution in [-0.4, -0.2) is 20.0 Å². The van der Waals surface area contributed by atoms with Gasteiger partial charge in [0.1, 0.15) is 28.8 Å². The Morgan fingerprint density at radius 3 is 2.68 bits per heavy atom. The number of halogens is 1. The van der Waals surface area contributed by atoms with Crippen molar-refractivity contribution in [2.45, 2.75) is 6.92 Å². The molecular weight excluding hydrogens is 361 g/mol. The number of nitriles is 1. The molecule has 1 amide bonds. The van der Waals surface area contributed by atoms with Crippen molar-refractivity contribution in [2.24, 2.45) is 0 Å². The number of rotatable bonds is 4. The summed E-state index contributed by atoms with van der Waals surface area (Å²) in [5, 5.41) is 12.2. The van der Waals surface area contributed by atoms with Gasteiger partial charge in [0, 0.05) is 30.5 Å². The number of anilines is 1. The van der Waals surface area contributed by atoms with E-state index >= 15 is 0 Å². The molecule has 0 unspecified atom stereocenters. The summed E-state index contributed by atoms with van der Waals surface area (Å²) < 4.78 is 23.2. The van der Waals surface area contributed by atoms with Crippen LogP contribution in [0.1, 0.15) is 21.7 Å². The van der Waals surface area contributed by atoms with E-state index in [1.165, 1.54) is 23.0 Å². The summed E-state index contributed by atoms with van der Waals surface area (Å²) in [4.78, 5) is 16.6. The van der Waals surface area contributed by atoms with Gasteiger partial charge >= 0.3 is 0 Å². The molecule has 0 radical (unpaired) electrons. The maximum atomic E-state index is 14.4. The number of benzene rings is 1. The fourth-order valence-electron chi connectivity index (χ4n) is 2.95. The van der Waals surface area contributed by atoms with Crippen molar-refractivity contribution in [3.8, 4) is 17.6 Å². The molecule has 3 heterocycles. The molecule has 1 N–H and O–H groups in total. The first kappa shape index (κ1) is 17.3. The van der Waals surface area contributed by atoms with Crippen molar-refractivity contribution < 1.29 is 13.6 Å². The van der Waals surface area contributed by atoms with Crippen LogP contribution >= 0.6 is 0 Å². The summed E-state index contributed by atoms with van der Waals surface area (Å²) in [7, 11) is 0. The van der Waals surface area contributed by atoms with Crippen LogP contribution in [0, 0.1) is 24.1 Å². The van der Waals surface area contributed by atoms with Crippen molar-refractivity contribution in [3.05, 3.63) is 84.2 Å². The zero-order chi connectivity index (χ0) is 19.7. The molecule has 1 aromatic carbocycles. The van der Waals surface area contributed by atoms with E-state index in [-0.39, 0.29) is 22.7 Å². The zero-order valence-corrected chi connectivity index (χ0v) is 14.8. The molecule has 0 fully saturated rings. The lowest BCUT2D eigenvalue weighted by molar-refractivity contribution is 0.102. The molecule has 0 saturated heterocycles. The van der Waals surface area contributed by atoms with Crippen molar-refractivity contribution in [3.63, 3.8) is 0 Å². The van der Waals surface area contributed by atoms with Gasteiger partial charge in [-0.3, -0.25) is 9.36 Å². The summed E-state index contributed by atoms with van der Waals surface area (Å²) in [5.74, 6) is -0.510. The van der Waals surface area contributed by atoms with Gasteiger partial charge in [0.2, 0.25) is 5.88 Å². The van der Waals surface area contributed by atoms with Gasteiger partial charge in [0.25, 0.3) is 5.91 Å². The van der Waals surface area contributed by atoms with Crippen LogP contribution in [-0.2, 0) is 0 Å². The second kappa shape index (κ2) is 6.89. The fourth-order valence-corrected chi connectivity index (χ4v) is 2.95. The van der Waals surface area contributed by atoms with E-state index in [1.54, 1.807) is 54.5 Å². The maximum absolute atomic E-state index is 14.4. The molecule has 7 nitrogen and oxygen atoms in total. The number of carbonyl (C=O) groups is 1. The van der Waals surface area contributed by atoms with E-state index in [2.05, 4.69) is 10.3 Å². The molecule has 4 rings (SSSR count). The van der Waals surface area contributed by atoms with Crippen LogP contribution in [0.4, 0.5) is 10.1 Å². The lowest BCUT2D eigenvalue weighted by Gasteiger charge is -2.08. The highest BCUT2D eigenvalue weighted by atomic mass is 19.1. The van der Waals surface area contributed by atoms with Gasteiger partial charge in [0.15, 0.2) is 0 Å². The highest BCUT2D eigenvalue weighted by Gasteiger charge is 2.24. The molecule has 0 atom stereocenters. The Balaban J connectivity index is 1.65. The molecule has 4 aromatic rings. The lowest BCUT2D eigenvalue weighted by Crippen LogP contribution is -2.14. The van der Waals surface area contributed by atoms with Crippen molar-refractivity contribution in [1.82, 2.24) is 14.1 Å². The topological polar surface area (TPSA) is 88.8 Å². The van der Waals surface area contributed by atoms with Crippen molar-refractivity contribution >= 4 is 11.6 Å². The van der Waals surface area contributed by atoms with Crippen LogP contribution in [0.2, 0.25) is 0 Å². The summed E-state index contributed by atoms with van der Waals surface area (Å²) >= 11 is 0. The first-order valence-corrected chi connectivity index (χ1v) is 8.34. The van der Waals surface area contributed by atoms with Crippen LogP contribution in [0.25, 0.3) is 11.6 Å². The largest absolute Gasteiger partial charge is 0.443 e. The molecule has 0 spiro atoms. The van der Waals surface area contributed by atoms with E-state index in [9.17, 15) is 14.4 Å². The second-order valence-electron chi connectivity index (χ2n) is 6.01. The number of amides is 1. The number of imidazole rings is 1. The maximum Gasteiger partial charge on any atom is 0.260 e. The van der Waals surface area contributed by atoms with Gasteiger partial charge < -0.3 is 14.3 Å². The van der Waals surface area contributed by atoms with E-state index < -0.39 is 11.7 Å². The number of hydrogen-bond donors (Lipinski definition) is 1. The SMILES string of the molecule is Cc1oc(-n2cccc2)c(C#N)c1C(=O)Nc1ccc(-n2ccnc2)c(F)c1. The Morgan fingerprint density at radius 1 is 1.25 bits per heavy atom. The number of aryl methyl sites for hydroxylation is 1. The quantitative estimate of drug-likeness (QED) is 0.587. The monoisotopic (exact) mass is 375 g/mol. The van der Waals surface area contributed by atoms with Crippen LogP contribution in [0.5, 0.6) is 0 Å². The average Bonchev–Trinajstić information content (AvgIpc) is 3.42. The molecule has 138 valence electrons. The minimum atomic E-state index is -0.550.